The van der Waals surface area contributed by atoms with Gasteiger partial charge in [-0.1, -0.05) is 261 Å². The lowest BCUT2D eigenvalue weighted by Crippen LogP contribution is -1.94. The van der Waals surface area contributed by atoms with Crippen LogP contribution in [0, 0.1) is 0 Å². The topological polar surface area (TPSA) is 32.9 Å². The normalized spacial score (nSPS) is 12.0. The van der Waals surface area contributed by atoms with Gasteiger partial charge < -0.3 is 22.7 Å². The highest BCUT2D eigenvalue weighted by Crippen LogP contribution is 2.46. The quantitative estimate of drug-likeness (QED) is 0.146. The van der Waals surface area contributed by atoms with E-state index in [9.17, 15) is 0 Å². The van der Waals surface area contributed by atoms with Gasteiger partial charge in [0.05, 0.1) is 44.1 Å². The van der Waals surface area contributed by atoms with E-state index in [4.69, 9.17) is 4.42 Å². The van der Waals surface area contributed by atoms with E-state index in [2.05, 4.69) is 419 Å². The molecule has 0 fully saturated rings. The summed E-state index contributed by atoms with van der Waals surface area (Å²) in [7, 11) is 0. The molecule has 0 aliphatic heterocycles. The zero-order valence-corrected chi connectivity index (χ0v) is 63.7. The smallest absolute Gasteiger partial charge is 0.135 e. The molecule has 6 heteroatoms. The van der Waals surface area contributed by atoms with Gasteiger partial charge in [-0.3, -0.25) is 0 Å². The third kappa shape index (κ3) is 10.5. The molecule has 0 amide bonds. The van der Waals surface area contributed by atoms with E-state index < -0.39 is 0 Å². The summed E-state index contributed by atoms with van der Waals surface area (Å²) in [6.45, 7) is 0. The van der Waals surface area contributed by atoms with Crippen molar-refractivity contribution in [2.45, 2.75) is 0 Å². The number of hydrogen-bond acceptors (Lipinski definition) is 2. The van der Waals surface area contributed by atoms with Crippen molar-refractivity contribution in [1.29, 1.82) is 0 Å². The van der Waals surface area contributed by atoms with Gasteiger partial charge >= 0.3 is 0 Å². The van der Waals surface area contributed by atoms with Crippen LogP contribution in [-0.2, 0) is 0 Å². The molecule has 5 nitrogen and oxygen atoms in total. The zero-order chi connectivity index (χ0) is 76.1. The van der Waals surface area contributed by atoms with Crippen LogP contribution in [-0.4, -0.2) is 18.3 Å². The van der Waals surface area contributed by atoms with E-state index in [1.165, 1.54) is 207 Å². The fourth-order valence-corrected chi connectivity index (χ4v) is 19.9. The Hall–Kier alpha value is -15.1. The SMILES string of the molecule is c1ccc(-n2c3cccc4ccc5c(-c6ccc7c(c6)c6ccccc6n7-c6ccc7ccccc7c6)ccc2c5c43)cc1.c1ccc2cc(-n3c4ccccc4c4cc(-c5ccc6oc7ccccc7c6c5)ccc43)ccc2c1.c1ccc2cc(-n3c4ccccc4c4cc(-c5ccc6sc7ccccc7c6c5)ccc43)ccc2c1. The van der Waals surface area contributed by atoms with Crippen molar-refractivity contribution < 1.29 is 4.42 Å². The van der Waals surface area contributed by atoms with Crippen molar-refractivity contribution in [1.82, 2.24) is 18.3 Å². The van der Waals surface area contributed by atoms with Crippen molar-refractivity contribution in [3.63, 3.8) is 0 Å². The molecule has 6 aromatic heterocycles. The first-order chi connectivity index (χ1) is 57.5. The number of hydrogen-bond donors (Lipinski definition) is 0. The van der Waals surface area contributed by atoms with Crippen LogP contribution in [0.1, 0.15) is 0 Å². The van der Waals surface area contributed by atoms with E-state index >= 15 is 0 Å². The molecule has 0 unspecified atom stereocenters. The molecule has 0 aliphatic carbocycles. The van der Waals surface area contributed by atoms with Gasteiger partial charge in [0.25, 0.3) is 0 Å². The molecule has 0 N–H and O–H groups in total. The van der Waals surface area contributed by atoms with E-state index in [0.717, 1.165) is 21.9 Å². The van der Waals surface area contributed by atoms with E-state index in [0.29, 0.717) is 0 Å². The van der Waals surface area contributed by atoms with Crippen molar-refractivity contribution >= 4 is 184 Å². The third-order valence-corrected chi connectivity index (χ3v) is 25.3. The predicted molar refractivity (Wildman–Crippen MR) is 494 cm³/mol. The lowest BCUT2D eigenvalue weighted by molar-refractivity contribution is 0.669. The fraction of sp³-hybridized carbons (Fsp3) is 0. The molecule has 26 aromatic rings. The predicted octanol–water partition coefficient (Wildman–Crippen LogP) is 30.8. The van der Waals surface area contributed by atoms with Crippen molar-refractivity contribution in [2.75, 3.05) is 0 Å². The first-order valence-corrected chi connectivity index (χ1v) is 40.6. The number of para-hydroxylation sites is 5. The molecule has 0 atom stereocenters. The molecule has 6 heterocycles. The van der Waals surface area contributed by atoms with Crippen LogP contribution in [0.3, 0.4) is 0 Å². The van der Waals surface area contributed by atoms with Crippen LogP contribution in [0.4, 0.5) is 0 Å². The third-order valence-electron chi connectivity index (χ3n) is 24.2. The summed E-state index contributed by atoms with van der Waals surface area (Å²) in [6.07, 6.45) is 0. The molecule has 26 rings (SSSR count). The van der Waals surface area contributed by atoms with Crippen LogP contribution in [0.25, 0.3) is 229 Å². The first kappa shape index (κ1) is 65.6. The van der Waals surface area contributed by atoms with E-state index in [1.54, 1.807) is 0 Å². The summed E-state index contributed by atoms with van der Waals surface area (Å²) in [5.74, 6) is 0. The number of aromatic nitrogens is 4. The van der Waals surface area contributed by atoms with Gasteiger partial charge in [0.15, 0.2) is 0 Å². The Kier molecular flexibility index (Phi) is 14.9. The molecule has 0 saturated heterocycles. The number of fused-ring (bicyclic) bond motifs is 18. The second kappa shape index (κ2) is 26.3. The second-order valence-corrected chi connectivity index (χ2v) is 31.7. The first-order valence-electron chi connectivity index (χ1n) is 39.7. The van der Waals surface area contributed by atoms with Crippen molar-refractivity contribution in [2.24, 2.45) is 0 Å². The van der Waals surface area contributed by atoms with Crippen LogP contribution in [0.15, 0.2) is 417 Å². The summed E-state index contributed by atoms with van der Waals surface area (Å²) < 4.78 is 18.3. The summed E-state index contributed by atoms with van der Waals surface area (Å²) in [6, 6.07) is 150. The molecule has 116 heavy (non-hydrogen) atoms. The molecule has 0 bridgehead atoms. The highest BCUT2D eigenvalue weighted by molar-refractivity contribution is 7.25. The Labute approximate surface area is 670 Å². The van der Waals surface area contributed by atoms with Crippen LogP contribution >= 0.6 is 11.3 Å². The van der Waals surface area contributed by atoms with Crippen molar-refractivity contribution in [3.05, 3.63) is 413 Å². The Morgan fingerprint density at radius 2 is 0.543 bits per heavy atom. The van der Waals surface area contributed by atoms with Crippen molar-refractivity contribution in [3.8, 4) is 56.1 Å². The average molecular weight is 1490 g/mol. The van der Waals surface area contributed by atoms with Gasteiger partial charge in [0.2, 0.25) is 0 Å². The van der Waals surface area contributed by atoms with Gasteiger partial charge in [-0.05, 0) is 228 Å². The van der Waals surface area contributed by atoms with Crippen LogP contribution in [0.2, 0.25) is 0 Å². The van der Waals surface area contributed by atoms with Gasteiger partial charge in [-0.25, -0.2) is 0 Å². The number of furan rings is 1. The molecule has 0 saturated carbocycles. The number of thiophene rings is 1. The summed E-state index contributed by atoms with van der Waals surface area (Å²) in [5.41, 5.74) is 23.8. The second-order valence-electron chi connectivity index (χ2n) is 30.6. The van der Waals surface area contributed by atoms with E-state index in [1.807, 2.05) is 23.5 Å². The van der Waals surface area contributed by atoms with Crippen LogP contribution in [0.5, 0.6) is 0 Å². The molecule has 0 aliphatic rings. The highest BCUT2D eigenvalue weighted by atomic mass is 32.1. The fourth-order valence-electron chi connectivity index (χ4n) is 18.8. The minimum Gasteiger partial charge on any atom is -0.456 e. The van der Waals surface area contributed by atoms with Gasteiger partial charge in [0.1, 0.15) is 11.2 Å². The Balaban J connectivity index is 0.000000101. The maximum absolute atomic E-state index is 6.05. The zero-order valence-electron chi connectivity index (χ0n) is 62.9. The number of nitrogens with zero attached hydrogens (tertiary/aromatic N) is 4. The molecular weight excluding hydrogens is 1430 g/mol. The summed E-state index contributed by atoms with van der Waals surface area (Å²) >= 11 is 1.87. The molecule has 540 valence electrons. The Morgan fingerprint density at radius 1 is 0.172 bits per heavy atom. The minimum atomic E-state index is 0.925. The summed E-state index contributed by atoms with van der Waals surface area (Å²) in [5, 5.41) is 25.4. The van der Waals surface area contributed by atoms with Gasteiger partial charge in [-0.2, -0.15) is 0 Å². The van der Waals surface area contributed by atoms with Crippen LogP contribution < -0.4 is 0 Å². The molecule has 0 radical (unpaired) electrons. The Bertz CT molecular complexity index is 8190. The monoisotopic (exact) mass is 1490 g/mol. The standard InChI is InChI=1S/C42H26N2.C34H21NO.C34H21NS/c1-2-12-31(13-3-1)43-39-16-8-11-28-18-21-35-33(22-24-40(43)42(35)41(28)39)30-19-23-38-36(26-30)34-14-6-7-15-37(34)44(38)32-20-17-27-9-4-5-10-29(27)25-32;2*1-2-8-23-19-26(16-13-22(23)7-1)35-31-11-5-3-9-27(31)29-20-24(14-17-32(29)35)25-15-18-34-30(21-25)28-10-4-6-12-33(28)36-34/h1-26H;2*1-21H. The minimum absolute atomic E-state index is 0.925. The highest BCUT2D eigenvalue weighted by Gasteiger charge is 2.23. The maximum Gasteiger partial charge on any atom is 0.135 e. The lowest BCUT2D eigenvalue weighted by atomic mass is 9.94. The van der Waals surface area contributed by atoms with Gasteiger partial charge in [0, 0.05) is 96.8 Å². The summed E-state index contributed by atoms with van der Waals surface area (Å²) in [4.78, 5) is 0. The maximum atomic E-state index is 6.05. The molecule has 20 aromatic carbocycles. The lowest BCUT2D eigenvalue weighted by Gasteiger charge is -2.11. The molecule has 0 spiro atoms. The van der Waals surface area contributed by atoms with Gasteiger partial charge in [-0.15, -0.1) is 11.3 Å². The number of benzene rings is 20. The number of rotatable bonds is 7. The average Bonchev–Trinajstić information content (AvgIpc) is 1.51. The largest absolute Gasteiger partial charge is 0.456 e. The Morgan fingerprint density at radius 3 is 1.11 bits per heavy atom. The van der Waals surface area contributed by atoms with E-state index in [-0.39, 0.29) is 0 Å². The molecular formula is C110H68N4OS.